The van der Waals surface area contributed by atoms with E-state index in [1.165, 1.54) is 12.8 Å². The van der Waals surface area contributed by atoms with Gasteiger partial charge in [0.1, 0.15) is 0 Å². The first kappa shape index (κ1) is 16.9. The first-order valence-corrected chi connectivity index (χ1v) is 9.10. The maximum absolute atomic E-state index is 12.1. The summed E-state index contributed by atoms with van der Waals surface area (Å²) in [6.45, 7) is 11.3. The van der Waals surface area contributed by atoms with E-state index >= 15 is 0 Å². The number of nitrogens with one attached hydrogen (secondary N) is 1. The zero-order valence-electron chi connectivity index (χ0n) is 12.9. The third kappa shape index (κ3) is 5.04. The van der Waals surface area contributed by atoms with Crippen molar-refractivity contribution < 1.29 is 8.42 Å². The fourth-order valence-corrected chi connectivity index (χ4v) is 3.50. The summed E-state index contributed by atoms with van der Waals surface area (Å²) in [5, 5.41) is 3.44. The first-order chi connectivity index (χ1) is 8.78. The molecule has 0 amide bonds. The molecule has 0 spiro atoms. The highest BCUT2D eigenvalue weighted by molar-refractivity contribution is 7.92. The molecule has 114 valence electrons. The van der Waals surface area contributed by atoms with Gasteiger partial charge in [0, 0.05) is 19.1 Å². The molecule has 0 radical (unpaired) electrons. The summed E-state index contributed by atoms with van der Waals surface area (Å²) in [4.78, 5) is 2.34. The SMILES string of the molecule is CCCNCC1CCCN1CCS(=O)(=O)C(C)(C)C. The second-order valence-electron chi connectivity index (χ2n) is 6.47. The van der Waals surface area contributed by atoms with Crippen LogP contribution in [0.4, 0.5) is 0 Å². The number of hydrogen-bond donors (Lipinski definition) is 1. The minimum atomic E-state index is -3.00. The van der Waals surface area contributed by atoms with E-state index in [4.69, 9.17) is 0 Å². The quantitative estimate of drug-likeness (QED) is 0.725. The van der Waals surface area contributed by atoms with Crippen LogP contribution in [-0.2, 0) is 9.84 Å². The second-order valence-corrected chi connectivity index (χ2v) is 9.33. The molecule has 1 aliphatic rings. The van der Waals surface area contributed by atoms with Crippen molar-refractivity contribution in [3.8, 4) is 0 Å². The van der Waals surface area contributed by atoms with Crippen molar-refractivity contribution >= 4 is 9.84 Å². The molecule has 1 saturated heterocycles. The van der Waals surface area contributed by atoms with E-state index in [0.717, 1.165) is 26.1 Å². The van der Waals surface area contributed by atoms with Crippen LogP contribution in [-0.4, -0.2) is 56.0 Å². The van der Waals surface area contributed by atoms with Gasteiger partial charge in [-0.25, -0.2) is 8.42 Å². The van der Waals surface area contributed by atoms with E-state index in [2.05, 4.69) is 17.1 Å². The minimum Gasteiger partial charge on any atom is -0.315 e. The smallest absolute Gasteiger partial charge is 0.156 e. The number of hydrogen-bond acceptors (Lipinski definition) is 4. The van der Waals surface area contributed by atoms with Gasteiger partial charge < -0.3 is 5.32 Å². The van der Waals surface area contributed by atoms with E-state index in [1.54, 1.807) is 20.8 Å². The molecule has 1 fully saturated rings. The Bertz CT molecular complexity index is 360. The van der Waals surface area contributed by atoms with Crippen molar-refractivity contribution in [2.45, 2.75) is 57.7 Å². The van der Waals surface area contributed by atoms with Crippen LogP contribution in [0.3, 0.4) is 0 Å². The number of likely N-dealkylation sites (tertiary alicyclic amines) is 1. The molecule has 0 saturated carbocycles. The Hall–Kier alpha value is -0.130. The Morgan fingerprint density at radius 1 is 1.32 bits per heavy atom. The molecular weight excluding hydrogens is 260 g/mol. The predicted molar refractivity (Wildman–Crippen MR) is 81.3 cm³/mol. The zero-order chi connectivity index (χ0) is 14.5. The van der Waals surface area contributed by atoms with Gasteiger partial charge in [-0.15, -0.1) is 0 Å². The van der Waals surface area contributed by atoms with Crippen molar-refractivity contribution in [3.05, 3.63) is 0 Å². The van der Waals surface area contributed by atoms with Gasteiger partial charge in [-0.3, -0.25) is 4.90 Å². The second kappa shape index (κ2) is 7.04. The van der Waals surface area contributed by atoms with Crippen LogP contribution in [0.5, 0.6) is 0 Å². The molecule has 19 heavy (non-hydrogen) atoms. The number of rotatable bonds is 7. The lowest BCUT2D eigenvalue weighted by Crippen LogP contribution is -2.42. The summed E-state index contributed by atoms with van der Waals surface area (Å²) in [5.41, 5.74) is 0. The van der Waals surface area contributed by atoms with Crippen LogP contribution in [0.1, 0.15) is 47.0 Å². The highest BCUT2D eigenvalue weighted by atomic mass is 32.2. The summed E-state index contributed by atoms with van der Waals surface area (Å²) >= 11 is 0. The van der Waals surface area contributed by atoms with Gasteiger partial charge in [0.05, 0.1) is 10.5 Å². The maximum Gasteiger partial charge on any atom is 0.156 e. The van der Waals surface area contributed by atoms with E-state index in [9.17, 15) is 8.42 Å². The van der Waals surface area contributed by atoms with Crippen molar-refractivity contribution in [1.82, 2.24) is 10.2 Å². The molecule has 1 N–H and O–H groups in total. The number of nitrogens with zero attached hydrogens (tertiary/aromatic N) is 1. The lowest BCUT2D eigenvalue weighted by molar-refractivity contribution is 0.261. The topological polar surface area (TPSA) is 49.4 Å². The number of sulfone groups is 1. The summed E-state index contributed by atoms with van der Waals surface area (Å²) < 4.78 is 23.6. The Balaban J connectivity index is 2.43. The fraction of sp³-hybridized carbons (Fsp3) is 1.00. The highest BCUT2D eigenvalue weighted by Crippen LogP contribution is 2.20. The Morgan fingerprint density at radius 3 is 2.58 bits per heavy atom. The molecule has 1 rings (SSSR count). The summed E-state index contributed by atoms with van der Waals surface area (Å²) in [6, 6.07) is 0.515. The lowest BCUT2D eigenvalue weighted by atomic mass is 10.2. The average molecular weight is 290 g/mol. The van der Waals surface area contributed by atoms with Crippen LogP contribution in [0.2, 0.25) is 0 Å². The van der Waals surface area contributed by atoms with Gasteiger partial charge in [0.15, 0.2) is 9.84 Å². The van der Waals surface area contributed by atoms with Gasteiger partial charge in [0.2, 0.25) is 0 Å². The first-order valence-electron chi connectivity index (χ1n) is 7.45. The molecule has 0 aromatic carbocycles. The average Bonchev–Trinajstić information content (AvgIpc) is 2.73. The third-order valence-electron chi connectivity index (χ3n) is 3.89. The van der Waals surface area contributed by atoms with Gasteiger partial charge in [-0.2, -0.15) is 0 Å². The normalized spacial score (nSPS) is 22.0. The summed E-state index contributed by atoms with van der Waals surface area (Å²) in [6.07, 6.45) is 3.52. The molecule has 1 aliphatic heterocycles. The Labute approximate surface area is 118 Å². The summed E-state index contributed by atoms with van der Waals surface area (Å²) in [7, 11) is -3.00. The molecule has 5 heteroatoms. The minimum absolute atomic E-state index is 0.279. The predicted octanol–water partition coefficient (Wildman–Crippen LogP) is 1.66. The van der Waals surface area contributed by atoms with Crippen LogP contribution in [0.15, 0.2) is 0 Å². The van der Waals surface area contributed by atoms with Gasteiger partial charge >= 0.3 is 0 Å². The van der Waals surface area contributed by atoms with Crippen LogP contribution in [0.25, 0.3) is 0 Å². The monoisotopic (exact) mass is 290 g/mol. The van der Waals surface area contributed by atoms with E-state index in [-0.39, 0.29) is 5.75 Å². The van der Waals surface area contributed by atoms with Crippen molar-refractivity contribution in [2.75, 3.05) is 31.9 Å². The maximum atomic E-state index is 12.1. The zero-order valence-corrected chi connectivity index (χ0v) is 13.7. The van der Waals surface area contributed by atoms with Gasteiger partial charge in [-0.1, -0.05) is 6.92 Å². The van der Waals surface area contributed by atoms with E-state index in [1.807, 2.05) is 0 Å². The van der Waals surface area contributed by atoms with Crippen molar-refractivity contribution in [1.29, 1.82) is 0 Å². The van der Waals surface area contributed by atoms with Gasteiger partial charge in [0.25, 0.3) is 0 Å². The molecular formula is C14H30N2O2S. The van der Waals surface area contributed by atoms with Crippen molar-refractivity contribution in [3.63, 3.8) is 0 Å². The van der Waals surface area contributed by atoms with Gasteiger partial charge in [-0.05, 0) is 53.1 Å². The molecule has 0 aromatic rings. The molecule has 1 unspecified atom stereocenters. The third-order valence-corrected chi connectivity index (χ3v) is 6.47. The standard InChI is InChI=1S/C14H30N2O2S/c1-5-8-15-12-13-7-6-9-16(13)10-11-19(17,18)14(2,3)4/h13,15H,5-12H2,1-4H3. The van der Waals surface area contributed by atoms with Crippen molar-refractivity contribution in [2.24, 2.45) is 0 Å². The molecule has 0 aliphatic carbocycles. The largest absolute Gasteiger partial charge is 0.315 e. The fourth-order valence-electron chi connectivity index (χ4n) is 2.41. The lowest BCUT2D eigenvalue weighted by Gasteiger charge is -2.26. The summed E-state index contributed by atoms with van der Waals surface area (Å²) in [5.74, 6) is 0.279. The Kier molecular flexibility index (Phi) is 6.27. The van der Waals surface area contributed by atoms with Crippen LogP contribution in [0, 0.1) is 0 Å². The molecule has 1 heterocycles. The van der Waals surface area contributed by atoms with Crippen LogP contribution >= 0.6 is 0 Å². The molecule has 0 aromatic heterocycles. The molecule has 1 atom stereocenters. The van der Waals surface area contributed by atoms with E-state index in [0.29, 0.717) is 12.6 Å². The Morgan fingerprint density at radius 2 is 2.00 bits per heavy atom. The van der Waals surface area contributed by atoms with E-state index < -0.39 is 14.6 Å². The van der Waals surface area contributed by atoms with Crippen LogP contribution < -0.4 is 5.32 Å². The highest BCUT2D eigenvalue weighted by Gasteiger charge is 2.31. The molecule has 4 nitrogen and oxygen atoms in total. The molecule has 0 bridgehead atoms.